The maximum absolute atomic E-state index is 12.9. The Morgan fingerprint density at radius 2 is 1.60 bits per heavy atom. The molecule has 0 bridgehead atoms. The fourth-order valence-electron chi connectivity index (χ4n) is 4.13. The van der Waals surface area contributed by atoms with E-state index in [9.17, 15) is 8.42 Å². The number of unbranched alkanes of at least 4 members (excludes halogenated alkanes) is 3. The van der Waals surface area contributed by atoms with Crippen molar-refractivity contribution >= 4 is 26.0 Å². The van der Waals surface area contributed by atoms with Gasteiger partial charge in [0.25, 0.3) is 0 Å². The van der Waals surface area contributed by atoms with Crippen molar-refractivity contribution in [3.05, 3.63) is 28.7 Å². The van der Waals surface area contributed by atoms with Gasteiger partial charge in [0, 0.05) is 24.2 Å². The Hall–Kier alpha value is -0.470. The first kappa shape index (κ1) is 25.8. The molecule has 0 atom stereocenters. The lowest BCUT2D eigenvalue weighted by Crippen LogP contribution is -2.40. The molecule has 5 nitrogen and oxygen atoms in total. The summed E-state index contributed by atoms with van der Waals surface area (Å²) in [5.41, 5.74) is 0. The molecule has 0 spiro atoms. The molecule has 0 aliphatic heterocycles. The molecular formula is C23H39BrN2O3S. The predicted molar refractivity (Wildman–Crippen MR) is 127 cm³/mol. The quantitative estimate of drug-likeness (QED) is 0.343. The zero-order chi connectivity index (χ0) is 22.0. The number of rotatable bonds is 13. The molecule has 172 valence electrons. The van der Waals surface area contributed by atoms with Gasteiger partial charge in [-0.1, -0.05) is 35.7 Å². The van der Waals surface area contributed by atoms with Crippen LogP contribution >= 0.6 is 15.9 Å². The number of hydrogen-bond donors (Lipinski definition) is 0. The lowest BCUT2D eigenvalue weighted by atomic mass is 9.93. The number of sulfonamides is 1. The standard InChI is InChI=1S/C23H39BrN2O3S/c1-4-17-25(2)18-7-5-6-8-19-29-22-13-11-21(12-14-22)26(3)30(27,28)23-15-9-20(24)10-16-23/h9-10,15-16,21-22H,4-8,11-14,17-19H2,1-3H3. The first-order valence-electron chi connectivity index (χ1n) is 11.4. The van der Waals surface area contributed by atoms with Crippen molar-refractivity contribution in [1.29, 1.82) is 0 Å². The average Bonchev–Trinajstić information content (AvgIpc) is 2.73. The lowest BCUT2D eigenvalue weighted by molar-refractivity contribution is 0.0156. The van der Waals surface area contributed by atoms with E-state index in [1.807, 2.05) is 0 Å². The van der Waals surface area contributed by atoms with Gasteiger partial charge >= 0.3 is 0 Å². The molecule has 2 rings (SSSR count). The molecule has 0 aromatic heterocycles. The Bertz CT molecular complexity index is 704. The zero-order valence-electron chi connectivity index (χ0n) is 18.9. The van der Waals surface area contributed by atoms with E-state index < -0.39 is 10.0 Å². The van der Waals surface area contributed by atoms with E-state index in [2.05, 4.69) is 34.8 Å². The van der Waals surface area contributed by atoms with Gasteiger partial charge in [-0.2, -0.15) is 4.31 Å². The van der Waals surface area contributed by atoms with Gasteiger partial charge in [0.05, 0.1) is 11.0 Å². The SMILES string of the molecule is CCCN(C)CCCCCCOC1CCC(N(C)S(=O)(=O)c2ccc(Br)cc2)CC1. The van der Waals surface area contributed by atoms with E-state index in [-0.39, 0.29) is 12.1 Å². The second-order valence-electron chi connectivity index (χ2n) is 8.49. The first-order valence-corrected chi connectivity index (χ1v) is 13.6. The van der Waals surface area contributed by atoms with Gasteiger partial charge in [-0.25, -0.2) is 8.42 Å². The van der Waals surface area contributed by atoms with Gasteiger partial charge in [-0.3, -0.25) is 0 Å². The molecule has 1 fully saturated rings. The molecule has 0 heterocycles. The molecular weight excluding hydrogens is 464 g/mol. The molecule has 0 N–H and O–H groups in total. The Balaban J connectivity index is 1.63. The van der Waals surface area contributed by atoms with E-state index in [4.69, 9.17) is 4.74 Å². The van der Waals surface area contributed by atoms with Crippen molar-refractivity contribution in [2.45, 2.75) is 81.8 Å². The van der Waals surface area contributed by atoms with Gasteiger partial charge in [0.1, 0.15) is 0 Å². The monoisotopic (exact) mass is 502 g/mol. The van der Waals surface area contributed by atoms with Crippen LogP contribution in [0.25, 0.3) is 0 Å². The van der Waals surface area contributed by atoms with E-state index in [0.29, 0.717) is 4.90 Å². The smallest absolute Gasteiger partial charge is 0.243 e. The van der Waals surface area contributed by atoms with Crippen LogP contribution in [0.1, 0.15) is 64.7 Å². The fourth-order valence-corrected chi connectivity index (χ4v) is 5.81. The van der Waals surface area contributed by atoms with Crippen LogP contribution in [0.3, 0.4) is 0 Å². The topological polar surface area (TPSA) is 49.9 Å². The van der Waals surface area contributed by atoms with Gasteiger partial charge in [0.2, 0.25) is 10.0 Å². The normalized spacial score (nSPS) is 20.2. The van der Waals surface area contributed by atoms with Gasteiger partial charge in [-0.15, -0.1) is 0 Å². The molecule has 1 aromatic rings. The van der Waals surface area contributed by atoms with E-state index in [1.165, 1.54) is 38.8 Å². The number of nitrogens with zero attached hydrogens (tertiary/aromatic N) is 2. The summed E-state index contributed by atoms with van der Waals surface area (Å²) in [7, 11) is 0.464. The van der Waals surface area contributed by atoms with Crippen LogP contribution in [0, 0.1) is 0 Å². The predicted octanol–water partition coefficient (Wildman–Crippen LogP) is 5.30. The molecule has 7 heteroatoms. The van der Waals surface area contributed by atoms with E-state index in [1.54, 1.807) is 35.6 Å². The Kier molecular flexibility index (Phi) is 11.3. The molecule has 0 saturated heterocycles. The largest absolute Gasteiger partial charge is 0.378 e. The van der Waals surface area contributed by atoms with Gasteiger partial charge < -0.3 is 9.64 Å². The Morgan fingerprint density at radius 3 is 2.23 bits per heavy atom. The molecule has 1 saturated carbocycles. The second-order valence-corrected chi connectivity index (χ2v) is 11.4. The minimum absolute atomic E-state index is 0.0543. The highest BCUT2D eigenvalue weighted by atomic mass is 79.9. The third kappa shape index (κ3) is 8.23. The molecule has 0 unspecified atom stereocenters. The minimum Gasteiger partial charge on any atom is -0.378 e. The van der Waals surface area contributed by atoms with Crippen molar-refractivity contribution in [2.24, 2.45) is 0 Å². The number of ether oxygens (including phenoxy) is 1. The first-order chi connectivity index (χ1) is 14.3. The summed E-state index contributed by atoms with van der Waals surface area (Å²) in [6.07, 6.45) is 9.97. The van der Waals surface area contributed by atoms with Crippen molar-refractivity contribution in [1.82, 2.24) is 9.21 Å². The van der Waals surface area contributed by atoms with Crippen LogP contribution in [-0.4, -0.2) is 63.6 Å². The van der Waals surface area contributed by atoms with Crippen molar-refractivity contribution < 1.29 is 13.2 Å². The molecule has 1 aromatic carbocycles. The molecule has 0 amide bonds. The van der Waals surface area contributed by atoms with Crippen LogP contribution in [-0.2, 0) is 14.8 Å². The van der Waals surface area contributed by atoms with Crippen LogP contribution in [0.5, 0.6) is 0 Å². The summed E-state index contributed by atoms with van der Waals surface area (Å²) in [5, 5.41) is 0. The number of benzene rings is 1. The number of halogens is 1. The van der Waals surface area contributed by atoms with Crippen molar-refractivity contribution in [3.8, 4) is 0 Å². The van der Waals surface area contributed by atoms with E-state index >= 15 is 0 Å². The van der Waals surface area contributed by atoms with Crippen molar-refractivity contribution in [2.75, 3.05) is 33.8 Å². The average molecular weight is 504 g/mol. The van der Waals surface area contributed by atoms with Crippen LogP contribution < -0.4 is 0 Å². The van der Waals surface area contributed by atoms with Gasteiger partial charge in [0.15, 0.2) is 0 Å². The Morgan fingerprint density at radius 1 is 0.967 bits per heavy atom. The summed E-state index contributed by atoms with van der Waals surface area (Å²) in [5.74, 6) is 0. The number of hydrogen-bond acceptors (Lipinski definition) is 4. The summed E-state index contributed by atoms with van der Waals surface area (Å²) in [4.78, 5) is 2.76. The minimum atomic E-state index is -3.44. The molecule has 1 aliphatic carbocycles. The maximum atomic E-state index is 12.9. The highest BCUT2D eigenvalue weighted by Gasteiger charge is 2.31. The summed E-state index contributed by atoms with van der Waals surface area (Å²) >= 11 is 3.36. The van der Waals surface area contributed by atoms with Gasteiger partial charge in [-0.05, 0) is 89.3 Å². The van der Waals surface area contributed by atoms with Crippen LogP contribution in [0.2, 0.25) is 0 Å². The van der Waals surface area contributed by atoms with E-state index in [0.717, 1.165) is 43.2 Å². The Labute approximate surface area is 192 Å². The fraction of sp³-hybridized carbons (Fsp3) is 0.739. The second kappa shape index (κ2) is 13.2. The molecule has 0 radical (unpaired) electrons. The molecule has 30 heavy (non-hydrogen) atoms. The third-order valence-electron chi connectivity index (χ3n) is 6.04. The zero-order valence-corrected chi connectivity index (χ0v) is 21.3. The highest BCUT2D eigenvalue weighted by Crippen LogP contribution is 2.28. The van der Waals surface area contributed by atoms with Crippen LogP contribution in [0.4, 0.5) is 0 Å². The van der Waals surface area contributed by atoms with Crippen LogP contribution in [0.15, 0.2) is 33.6 Å². The maximum Gasteiger partial charge on any atom is 0.243 e. The van der Waals surface area contributed by atoms with Crippen molar-refractivity contribution in [3.63, 3.8) is 0 Å². The highest BCUT2D eigenvalue weighted by molar-refractivity contribution is 9.10. The summed E-state index contributed by atoms with van der Waals surface area (Å²) in [6, 6.07) is 6.92. The summed E-state index contributed by atoms with van der Waals surface area (Å²) < 4.78 is 34.3. The molecule has 1 aliphatic rings. The summed E-state index contributed by atoms with van der Waals surface area (Å²) in [6.45, 7) is 5.43. The lowest BCUT2D eigenvalue weighted by Gasteiger charge is -2.34. The third-order valence-corrected chi connectivity index (χ3v) is 8.49.